The first kappa shape index (κ1) is 36.6. The van der Waals surface area contributed by atoms with Gasteiger partial charge in [-0.1, -0.05) is 70.0 Å². The lowest BCUT2D eigenvalue weighted by atomic mass is 9.85. The van der Waals surface area contributed by atoms with Crippen molar-refractivity contribution in [2.45, 2.75) is 117 Å². The van der Waals surface area contributed by atoms with Crippen LogP contribution in [-0.4, -0.2) is 82.4 Å². The zero-order valence-electron chi connectivity index (χ0n) is 28.8. The minimum Gasteiger partial charge on any atom is -0.480 e. The summed E-state index contributed by atoms with van der Waals surface area (Å²) in [6, 6.07) is 5.10. The zero-order chi connectivity index (χ0) is 35.3. The second-order valence-corrected chi connectivity index (χ2v) is 14.5. The molecule has 2 saturated carbocycles. The first-order valence-electron chi connectivity index (χ1n) is 17.0. The van der Waals surface area contributed by atoms with Gasteiger partial charge in [-0.15, -0.1) is 0 Å². The number of alkyl carbamates (subject to hydrolysis) is 1. The van der Waals surface area contributed by atoms with E-state index >= 15 is 0 Å². The molecule has 1 unspecified atom stereocenters. The van der Waals surface area contributed by atoms with Crippen molar-refractivity contribution in [2.75, 3.05) is 6.54 Å². The minimum atomic E-state index is -1.18. The van der Waals surface area contributed by atoms with Crippen LogP contribution < -0.4 is 16.0 Å². The molecule has 1 aliphatic heterocycles. The van der Waals surface area contributed by atoms with Crippen LogP contribution in [0.3, 0.4) is 0 Å². The Morgan fingerprint density at radius 1 is 0.979 bits per heavy atom. The monoisotopic (exact) mass is 666 g/mol. The number of carboxylic acids is 1. The maximum atomic E-state index is 14.3. The standard InChI is InChI=1S/C36H50N4O8/c1-7-11-25(28(22-14-15-22)31(42)38-26(34(45)46)18-21-12-9-8-10-13-21)37-32(43)29-23-16-17-27(41)24(23)19-40(29)33(44)30(36(4,5)6)39-35(47)48-20(2)3/h8-10,12-13,20,23-26,29-30H,7,11,14-19H2,1-6H3,(H,37,43)(H,38,42)(H,39,47)(H,45,46)/t23-,24-,25?,26-,29-,30+/m0/s1. The smallest absolute Gasteiger partial charge is 0.408 e. The van der Waals surface area contributed by atoms with Gasteiger partial charge in [-0.2, -0.15) is 0 Å². The molecule has 262 valence electrons. The number of nitrogens with one attached hydrogen (secondary N) is 3. The van der Waals surface area contributed by atoms with Crippen LogP contribution in [0.2, 0.25) is 0 Å². The van der Waals surface area contributed by atoms with Crippen LogP contribution in [0.5, 0.6) is 0 Å². The number of carbonyl (C=O) groups is 6. The van der Waals surface area contributed by atoms with Crippen molar-refractivity contribution in [3.8, 4) is 0 Å². The Morgan fingerprint density at radius 2 is 1.65 bits per heavy atom. The van der Waals surface area contributed by atoms with E-state index in [-0.39, 0.29) is 18.7 Å². The van der Waals surface area contributed by atoms with Gasteiger partial charge in [0.2, 0.25) is 17.7 Å². The maximum absolute atomic E-state index is 14.3. The normalized spacial score (nSPS) is 22.0. The molecular formula is C36H50N4O8. The molecular weight excluding hydrogens is 616 g/mol. The number of nitrogens with zero attached hydrogens (tertiary/aromatic N) is 1. The Kier molecular flexibility index (Phi) is 11.7. The van der Waals surface area contributed by atoms with E-state index in [9.17, 15) is 33.9 Å². The molecule has 3 aliphatic rings. The molecule has 2 aliphatic carbocycles. The van der Waals surface area contributed by atoms with Crippen molar-refractivity contribution >= 4 is 35.6 Å². The van der Waals surface area contributed by atoms with Gasteiger partial charge in [-0.05, 0) is 50.5 Å². The Bertz CT molecular complexity index is 1430. The second-order valence-electron chi connectivity index (χ2n) is 14.5. The van der Waals surface area contributed by atoms with Crippen LogP contribution in [0.25, 0.3) is 0 Å². The molecule has 0 spiro atoms. The van der Waals surface area contributed by atoms with Crippen molar-refractivity contribution in [3.63, 3.8) is 0 Å². The first-order chi connectivity index (χ1) is 22.6. The van der Waals surface area contributed by atoms with Gasteiger partial charge >= 0.3 is 12.1 Å². The van der Waals surface area contributed by atoms with Crippen molar-refractivity contribution in [1.82, 2.24) is 20.9 Å². The molecule has 1 saturated heterocycles. The van der Waals surface area contributed by atoms with Crippen molar-refractivity contribution in [1.29, 1.82) is 0 Å². The summed E-state index contributed by atoms with van der Waals surface area (Å²) in [6.45, 7) is 10.8. The van der Waals surface area contributed by atoms with E-state index in [2.05, 4.69) is 16.0 Å². The fourth-order valence-electron chi connectivity index (χ4n) is 6.87. The predicted octanol–water partition coefficient (Wildman–Crippen LogP) is 3.53. The Labute approximate surface area is 282 Å². The number of carboxylic acid groups (broad SMARTS) is 1. The third kappa shape index (κ3) is 8.82. The summed E-state index contributed by atoms with van der Waals surface area (Å²) in [5.74, 6) is -3.58. The highest BCUT2D eigenvalue weighted by atomic mass is 16.6. The summed E-state index contributed by atoms with van der Waals surface area (Å²) in [6.07, 6.45) is 2.05. The number of ketones is 1. The lowest BCUT2D eigenvalue weighted by molar-refractivity contribution is -0.143. The molecule has 0 aromatic heterocycles. The number of carbonyl (C=O) groups excluding carboxylic acids is 5. The van der Waals surface area contributed by atoms with Crippen LogP contribution in [0.4, 0.5) is 4.79 Å². The molecule has 12 heteroatoms. The zero-order valence-corrected chi connectivity index (χ0v) is 28.8. The number of likely N-dealkylation sites (tertiary alicyclic amines) is 1. The average molecular weight is 667 g/mol. The van der Waals surface area contributed by atoms with Gasteiger partial charge in [-0.3, -0.25) is 19.2 Å². The van der Waals surface area contributed by atoms with E-state index in [1.807, 2.05) is 13.0 Å². The Balaban J connectivity index is 1.59. The largest absolute Gasteiger partial charge is 0.480 e. The molecule has 48 heavy (non-hydrogen) atoms. The third-order valence-electron chi connectivity index (χ3n) is 9.31. The number of hydrogen-bond acceptors (Lipinski definition) is 7. The number of aliphatic carboxylic acids is 1. The highest BCUT2D eigenvalue weighted by molar-refractivity contribution is 6.00. The SMILES string of the molecule is CCCC(NC(=O)[C@@H]1[C@H]2CCC(=O)[C@H]2CN1C(=O)[C@@H](NC(=O)OC(C)C)C(C)(C)C)C(C(=O)N[C@@H](Cc1ccccc1)C(=O)O)=C1CC1. The molecule has 4 rings (SSSR count). The van der Waals surface area contributed by atoms with E-state index in [4.69, 9.17) is 4.74 Å². The fourth-order valence-corrected chi connectivity index (χ4v) is 6.87. The Hall–Kier alpha value is -4.22. The van der Waals surface area contributed by atoms with Crippen LogP contribution in [0.15, 0.2) is 41.5 Å². The highest BCUT2D eigenvalue weighted by Gasteiger charge is 2.55. The summed E-state index contributed by atoms with van der Waals surface area (Å²) in [5, 5.41) is 18.4. The molecule has 6 atom stereocenters. The molecule has 4 amide bonds. The van der Waals surface area contributed by atoms with Crippen molar-refractivity contribution in [2.24, 2.45) is 17.3 Å². The Morgan fingerprint density at radius 3 is 2.21 bits per heavy atom. The van der Waals surface area contributed by atoms with Crippen LogP contribution >= 0.6 is 0 Å². The molecule has 3 fully saturated rings. The van der Waals surface area contributed by atoms with Crippen LogP contribution in [-0.2, 0) is 35.1 Å². The molecule has 0 bridgehead atoms. The fraction of sp³-hybridized carbons (Fsp3) is 0.611. The van der Waals surface area contributed by atoms with Gasteiger partial charge in [-0.25, -0.2) is 9.59 Å². The predicted molar refractivity (Wildman–Crippen MR) is 178 cm³/mol. The number of Topliss-reactive ketones (excluding diaryl/α,β-unsaturated/α-hetero) is 1. The lowest BCUT2D eigenvalue weighted by Gasteiger charge is -2.36. The number of ether oxygens (including phenoxy) is 1. The highest BCUT2D eigenvalue weighted by Crippen LogP contribution is 2.42. The summed E-state index contributed by atoms with van der Waals surface area (Å²) >= 11 is 0. The number of fused-ring (bicyclic) bond motifs is 1. The van der Waals surface area contributed by atoms with Gasteiger partial charge in [0, 0.05) is 36.8 Å². The van der Waals surface area contributed by atoms with E-state index in [0.717, 1.165) is 11.1 Å². The van der Waals surface area contributed by atoms with Crippen molar-refractivity contribution in [3.05, 3.63) is 47.0 Å². The van der Waals surface area contributed by atoms with Gasteiger partial charge < -0.3 is 30.7 Å². The van der Waals surface area contributed by atoms with Gasteiger partial charge in [0.25, 0.3) is 0 Å². The molecule has 0 radical (unpaired) electrons. The van der Waals surface area contributed by atoms with Crippen LogP contribution in [0, 0.1) is 17.3 Å². The molecule has 1 aromatic rings. The topological polar surface area (TPSA) is 171 Å². The summed E-state index contributed by atoms with van der Waals surface area (Å²) in [7, 11) is 0. The summed E-state index contributed by atoms with van der Waals surface area (Å²) in [5.41, 5.74) is 1.22. The lowest BCUT2D eigenvalue weighted by Crippen LogP contribution is -2.59. The number of hydrogen-bond donors (Lipinski definition) is 4. The van der Waals surface area contributed by atoms with Gasteiger partial charge in [0.1, 0.15) is 23.9 Å². The van der Waals surface area contributed by atoms with Gasteiger partial charge in [0.05, 0.1) is 12.1 Å². The third-order valence-corrected chi connectivity index (χ3v) is 9.31. The first-order valence-corrected chi connectivity index (χ1v) is 17.0. The van der Waals surface area contributed by atoms with E-state index in [1.165, 1.54) is 4.90 Å². The van der Waals surface area contributed by atoms with Gasteiger partial charge in [0.15, 0.2) is 0 Å². The van der Waals surface area contributed by atoms with E-state index in [0.29, 0.717) is 44.1 Å². The summed E-state index contributed by atoms with van der Waals surface area (Å²) < 4.78 is 5.25. The number of amides is 4. The number of allylic oxidation sites excluding steroid dienone is 1. The van der Waals surface area contributed by atoms with Crippen molar-refractivity contribution < 1.29 is 38.6 Å². The number of benzene rings is 1. The van der Waals surface area contributed by atoms with E-state index in [1.54, 1.807) is 58.9 Å². The van der Waals surface area contributed by atoms with E-state index < -0.39 is 77.3 Å². The van der Waals surface area contributed by atoms with Crippen LogP contribution in [0.1, 0.15) is 85.6 Å². The minimum absolute atomic E-state index is 0.00372. The summed E-state index contributed by atoms with van der Waals surface area (Å²) in [4.78, 5) is 81.4. The maximum Gasteiger partial charge on any atom is 0.408 e. The molecule has 4 N–H and O–H groups in total. The molecule has 1 heterocycles. The number of rotatable bonds is 13. The quantitative estimate of drug-likeness (QED) is 0.232. The molecule has 12 nitrogen and oxygen atoms in total. The average Bonchev–Trinajstić information content (AvgIpc) is 3.65. The molecule has 1 aromatic carbocycles. The second kappa shape index (κ2) is 15.3.